The number of carboxylic acid groups (broad SMARTS) is 1. The van der Waals surface area contributed by atoms with Crippen LogP contribution in [0.1, 0.15) is 24.8 Å². The van der Waals surface area contributed by atoms with Crippen LogP contribution in [0.3, 0.4) is 0 Å². The molecule has 0 bridgehead atoms. The van der Waals surface area contributed by atoms with Crippen molar-refractivity contribution in [2.75, 3.05) is 5.73 Å². The highest BCUT2D eigenvalue weighted by atomic mass is 32.1. The number of nitrogens with zero attached hydrogens (tertiary/aromatic N) is 2. The van der Waals surface area contributed by atoms with Crippen molar-refractivity contribution in [1.82, 2.24) is 10.2 Å². The maximum absolute atomic E-state index is 10.7. The highest BCUT2D eigenvalue weighted by Crippen LogP contribution is 2.27. The minimum absolute atomic E-state index is 0.0719. The van der Waals surface area contributed by atoms with E-state index < -0.39 is 11.9 Å². The van der Waals surface area contributed by atoms with Gasteiger partial charge >= 0.3 is 0 Å². The summed E-state index contributed by atoms with van der Waals surface area (Å²) >= 11 is 1.09. The van der Waals surface area contributed by atoms with Crippen molar-refractivity contribution >= 4 is 22.4 Å². The number of carbonyl (C=O) groups is 1. The van der Waals surface area contributed by atoms with Crippen LogP contribution in [0.4, 0.5) is 5.13 Å². The van der Waals surface area contributed by atoms with E-state index in [1.807, 2.05) is 0 Å². The Bertz CT molecular complexity index is 310. The number of nitrogens with two attached hydrogens (primary N) is 1. The van der Waals surface area contributed by atoms with Crippen LogP contribution in [0.15, 0.2) is 0 Å². The summed E-state index contributed by atoms with van der Waals surface area (Å²) in [5.74, 6) is -1.92. The van der Waals surface area contributed by atoms with Crippen molar-refractivity contribution in [2.45, 2.75) is 19.8 Å². The van der Waals surface area contributed by atoms with Crippen LogP contribution in [0.5, 0.6) is 0 Å². The quantitative estimate of drug-likeness (QED) is 0.717. The lowest BCUT2D eigenvalue weighted by molar-refractivity contribution is -0.309. The Kier molecular flexibility index (Phi) is 2.82. The molecule has 1 heterocycles. The summed E-state index contributed by atoms with van der Waals surface area (Å²) in [5, 5.41) is 18.7. The van der Waals surface area contributed by atoms with E-state index in [2.05, 4.69) is 10.2 Å². The summed E-state index contributed by atoms with van der Waals surface area (Å²) in [4.78, 5) is 10.7. The lowest BCUT2D eigenvalue weighted by Gasteiger charge is -2.18. The Balaban J connectivity index is 2.95. The first kappa shape index (κ1) is 9.91. The lowest BCUT2D eigenvalue weighted by atomic mass is 9.97. The van der Waals surface area contributed by atoms with Gasteiger partial charge in [-0.3, -0.25) is 0 Å². The smallest absolute Gasteiger partial charge is 0.203 e. The van der Waals surface area contributed by atoms with Crippen molar-refractivity contribution in [3.63, 3.8) is 0 Å². The monoisotopic (exact) mass is 200 g/mol. The predicted molar refractivity (Wildman–Crippen MR) is 46.9 cm³/mol. The fourth-order valence-corrected chi connectivity index (χ4v) is 1.90. The molecule has 1 aromatic rings. The zero-order chi connectivity index (χ0) is 10.0. The van der Waals surface area contributed by atoms with Crippen LogP contribution in [0.25, 0.3) is 0 Å². The van der Waals surface area contributed by atoms with E-state index >= 15 is 0 Å². The molecule has 1 aromatic heterocycles. The molecule has 0 fully saturated rings. The number of rotatable bonds is 3. The second-order valence-electron chi connectivity index (χ2n) is 3.02. The fourth-order valence-electron chi connectivity index (χ4n) is 1.03. The second kappa shape index (κ2) is 3.69. The second-order valence-corrected chi connectivity index (χ2v) is 4.06. The standard InChI is InChI=1S/C7H11N3O2S/c1-3(2)4(6(11)12)5-9-10-7(8)13-5/h3-4H,1-2H3,(H2,8,10)(H,11,12)/p-1. The van der Waals surface area contributed by atoms with Gasteiger partial charge in [0.15, 0.2) is 0 Å². The molecule has 0 aliphatic rings. The van der Waals surface area contributed by atoms with Gasteiger partial charge in [-0.2, -0.15) is 0 Å². The molecular weight excluding hydrogens is 190 g/mol. The molecule has 1 unspecified atom stereocenters. The number of anilines is 1. The van der Waals surface area contributed by atoms with Crippen LogP contribution in [-0.4, -0.2) is 16.2 Å². The molecule has 72 valence electrons. The third kappa shape index (κ3) is 2.15. The summed E-state index contributed by atoms with van der Waals surface area (Å²) < 4.78 is 0. The zero-order valence-electron chi connectivity index (χ0n) is 7.35. The van der Waals surface area contributed by atoms with Gasteiger partial charge in [-0.25, -0.2) is 0 Å². The summed E-state index contributed by atoms with van der Waals surface area (Å²) in [6.45, 7) is 3.58. The SMILES string of the molecule is CC(C)C(C(=O)[O-])c1nnc(N)s1. The molecule has 13 heavy (non-hydrogen) atoms. The molecule has 0 aromatic carbocycles. The van der Waals surface area contributed by atoms with E-state index in [-0.39, 0.29) is 11.0 Å². The first-order chi connectivity index (χ1) is 6.02. The van der Waals surface area contributed by atoms with Crippen LogP contribution in [0, 0.1) is 5.92 Å². The molecule has 0 spiro atoms. The van der Waals surface area contributed by atoms with Crippen molar-refractivity contribution in [3.8, 4) is 0 Å². The number of aromatic nitrogens is 2. The van der Waals surface area contributed by atoms with Crippen molar-refractivity contribution < 1.29 is 9.90 Å². The van der Waals surface area contributed by atoms with Gasteiger partial charge in [0.2, 0.25) is 5.13 Å². The van der Waals surface area contributed by atoms with E-state index in [0.717, 1.165) is 11.3 Å². The summed E-state index contributed by atoms with van der Waals surface area (Å²) in [5.41, 5.74) is 5.35. The Morgan fingerprint density at radius 2 is 2.15 bits per heavy atom. The van der Waals surface area contributed by atoms with Gasteiger partial charge < -0.3 is 15.6 Å². The van der Waals surface area contributed by atoms with Crippen molar-refractivity contribution in [3.05, 3.63) is 5.01 Å². The molecule has 0 radical (unpaired) electrons. The Morgan fingerprint density at radius 3 is 2.46 bits per heavy atom. The highest BCUT2D eigenvalue weighted by molar-refractivity contribution is 7.15. The summed E-state index contributed by atoms with van der Waals surface area (Å²) in [6, 6.07) is 0. The molecule has 1 atom stereocenters. The predicted octanol–water partition coefficient (Wildman–Crippen LogP) is -0.390. The minimum atomic E-state index is -1.13. The Labute approximate surface area is 79.6 Å². The number of carbonyl (C=O) groups excluding carboxylic acids is 1. The van der Waals surface area contributed by atoms with E-state index in [1.54, 1.807) is 13.8 Å². The Morgan fingerprint density at radius 1 is 1.54 bits per heavy atom. The van der Waals surface area contributed by atoms with Gasteiger partial charge in [-0.1, -0.05) is 25.2 Å². The van der Waals surface area contributed by atoms with Crippen LogP contribution >= 0.6 is 11.3 Å². The van der Waals surface area contributed by atoms with E-state index in [4.69, 9.17) is 5.73 Å². The molecule has 0 saturated carbocycles. The molecule has 0 amide bonds. The molecule has 5 nitrogen and oxygen atoms in total. The molecule has 0 aliphatic heterocycles. The highest BCUT2D eigenvalue weighted by Gasteiger charge is 2.21. The number of hydrogen-bond donors (Lipinski definition) is 1. The molecule has 2 N–H and O–H groups in total. The maximum Gasteiger partial charge on any atom is 0.203 e. The average Bonchev–Trinajstić information content (AvgIpc) is 2.34. The molecule has 0 saturated heterocycles. The van der Waals surface area contributed by atoms with Crippen LogP contribution in [0.2, 0.25) is 0 Å². The minimum Gasteiger partial charge on any atom is -0.549 e. The van der Waals surface area contributed by atoms with Crippen LogP contribution in [-0.2, 0) is 4.79 Å². The topological polar surface area (TPSA) is 91.9 Å². The van der Waals surface area contributed by atoms with Gasteiger partial charge in [0.25, 0.3) is 0 Å². The first-order valence-electron chi connectivity index (χ1n) is 3.82. The maximum atomic E-state index is 10.7. The van der Waals surface area contributed by atoms with Crippen molar-refractivity contribution in [2.24, 2.45) is 5.92 Å². The van der Waals surface area contributed by atoms with Gasteiger partial charge in [0.05, 0.1) is 11.9 Å². The third-order valence-electron chi connectivity index (χ3n) is 1.64. The Hall–Kier alpha value is -1.17. The molecule has 0 aliphatic carbocycles. The van der Waals surface area contributed by atoms with Crippen molar-refractivity contribution in [1.29, 1.82) is 0 Å². The van der Waals surface area contributed by atoms with E-state index in [0.29, 0.717) is 5.01 Å². The van der Waals surface area contributed by atoms with Gasteiger partial charge in [0, 0.05) is 0 Å². The van der Waals surface area contributed by atoms with Crippen LogP contribution < -0.4 is 10.8 Å². The van der Waals surface area contributed by atoms with Gasteiger partial charge in [0.1, 0.15) is 5.01 Å². The number of nitrogen functional groups attached to an aromatic ring is 1. The van der Waals surface area contributed by atoms with E-state index in [1.165, 1.54) is 0 Å². The lowest BCUT2D eigenvalue weighted by Crippen LogP contribution is -2.32. The number of carboxylic acids is 1. The zero-order valence-corrected chi connectivity index (χ0v) is 8.17. The third-order valence-corrected chi connectivity index (χ3v) is 2.48. The van der Waals surface area contributed by atoms with Gasteiger partial charge in [-0.15, -0.1) is 10.2 Å². The molecular formula is C7H10N3O2S-. The normalized spacial score (nSPS) is 13.2. The summed E-state index contributed by atoms with van der Waals surface area (Å²) in [6.07, 6.45) is 0. The fraction of sp³-hybridized carbons (Fsp3) is 0.571. The summed E-state index contributed by atoms with van der Waals surface area (Å²) in [7, 11) is 0. The molecule has 6 heteroatoms. The number of aliphatic carboxylic acids is 1. The number of hydrogen-bond acceptors (Lipinski definition) is 6. The molecule has 1 rings (SSSR count). The largest absolute Gasteiger partial charge is 0.549 e. The van der Waals surface area contributed by atoms with Gasteiger partial charge in [-0.05, 0) is 5.92 Å². The van der Waals surface area contributed by atoms with E-state index in [9.17, 15) is 9.90 Å². The average molecular weight is 200 g/mol. The first-order valence-corrected chi connectivity index (χ1v) is 4.63.